The summed E-state index contributed by atoms with van der Waals surface area (Å²) in [5.74, 6) is 1.18. The van der Waals surface area contributed by atoms with E-state index in [4.69, 9.17) is 5.73 Å². The van der Waals surface area contributed by atoms with Crippen molar-refractivity contribution in [1.29, 1.82) is 0 Å². The Kier molecular flexibility index (Phi) is 3.30. The SMILES string of the molecule is Nc1ccc2c(c1)C1(CCC(=O)O)C3C=CC=CC3C2C2C=CC=CC21. The Morgan fingerprint density at radius 2 is 1.62 bits per heavy atom. The van der Waals surface area contributed by atoms with Gasteiger partial charge in [-0.1, -0.05) is 54.7 Å². The average molecular weight is 345 g/mol. The molecule has 1 fully saturated rings. The Morgan fingerprint density at radius 1 is 1.00 bits per heavy atom. The molecule has 1 saturated carbocycles. The van der Waals surface area contributed by atoms with Crippen molar-refractivity contribution in [2.75, 3.05) is 5.73 Å². The van der Waals surface area contributed by atoms with Crippen LogP contribution in [-0.2, 0) is 10.2 Å². The Balaban J connectivity index is 1.79. The molecule has 1 aromatic rings. The molecule has 3 N–H and O–H groups in total. The first kappa shape index (κ1) is 15.7. The lowest BCUT2D eigenvalue weighted by atomic mass is 9.39. The standard InChI is InChI=1S/C23H23NO2/c24-14-9-10-17-20(13-14)23(12-11-21(25)26)18-7-3-1-5-15(18)22(17)16-6-2-4-8-19(16)23/h1-10,13,15-16,18-19,22H,11-12,24H2,(H,25,26). The lowest BCUT2D eigenvalue weighted by Crippen LogP contribution is -2.59. The summed E-state index contributed by atoms with van der Waals surface area (Å²) in [5, 5.41) is 9.47. The topological polar surface area (TPSA) is 63.3 Å². The van der Waals surface area contributed by atoms with E-state index in [1.807, 2.05) is 6.07 Å². The van der Waals surface area contributed by atoms with Gasteiger partial charge in [0.05, 0.1) is 0 Å². The molecule has 3 nitrogen and oxygen atoms in total. The van der Waals surface area contributed by atoms with Crippen LogP contribution < -0.4 is 5.73 Å². The van der Waals surface area contributed by atoms with E-state index < -0.39 is 5.97 Å². The number of nitrogens with two attached hydrogens (primary N) is 1. The van der Waals surface area contributed by atoms with Crippen molar-refractivity contribution in [3.05, 3.63) is 77.9 Å². The summed E-state index contributed by atoms with van der Waals surface area (Å²) in [5.41, 5.74) is 9.39. The van der Waals surface area contributed by atoms with E-state index in [9.17, 15) is 9.90 Å². The van der Waals surface area contributed by atoms with Gasteiger partial charge in [0, 0.05) is 17.5 Å². The molecule has 0 amide bonds. The van der Waals surface area contributed by atoms with Crippen LogP contribution >= 0.6 is 0 Å². The lowest BCUT2D eigenvalue weighted by molar-refractivity contribution is -0.138. The smallest absolute Gasteiger partial charge is 0.303 e. The third kappa shape index (κ3) is 1.91. The molecule has 1 aromatic carbocycles. The molecule has 0 saturated heterocycles. The van der Waals surface area contributed by atoms with E-state index in [-0.39, 0.29) is 11.8 Å². The molecule has 0 aromatic heterocycles. The minimum Gasteiger partial charge on any atom is -0.481 e. The van der Waals surface area contributed by atoms with E-state index in [0.29, 0.717) is 36.0 Å². The fourth-order valence-corrected chi connectivity index (χ4v) is 6.27. The number of carboxylic acid groups (broad SMARTS) is 1. The Hall–Kier alpha value is -2.55. The number of benzene rings is 1. The third-order valence-electron chi connectivity index (χ3n) is 7.06. The predicted molar refractivity (Wildman–Crippen MR) is 103 cm³/mol. The second kappa shape index (κ2) is 5.47. The molecule has 0 aliphatic heterocycles. The second-order valence-corrected chi connectivity index (χ2v) is 8.05. The first-order valence-corrected chi connectivity index (χ1v) is 9.44. The van der Waals surface area contributed by atoms with E-state index in [0.717, 1.165) is 5.69 Å². The molecule has 26 heavy (non-hydrogen) atoms. The fraction of sp³-hybridized carbons (Fsp3) is 0.348. The maximum absolute atomic E-state index is 11.5. The number of hydrogen-bond donors (Lipinski definition) is 2. The minimum atomic E-state index is -0.726. The Bertz CT molecular complexity index is 855. The second-order valence-electron chi connectivity index (χ2n) is 8.05. The van der Waals surface area contributed by atoms with Gasteiger partial charge in [-0.2, -0.15) is 0 Å². The predicted octanol–water partition coefficient (Wildman–Crippen LogP) is 4.20. The third-order valence-corrected chi connectivity index (χ3v) is 7.06. The quantitative estimate of drug-likeness (QED) is 0.807. The van der Waals surface area contributed by atoms with Crippen LogP contribution in [0, 0.1) is 23.7 Å². The largest absolute Gasteiger partial charge is 0.481 e. The monoisotopic (exact) mass is 345 g/mol. The molecule has 3 heteroatoms. The number of nitrogen functional groups attached to an aromatic ring is 1. The minimum absolute atomic E-state index is 0.181. The maximum Gasteiger partial charge on any atom is 0.303 e. The van der Waals surface area contributed by atoms with Crippen LogP contribution in [0.15, 0.2) is 66.8 Å². The van der Waals surface area contributed by atoms with Crippen molar-refractivity contribution in [3.8, 4) is 0 Å². The van der Waals surface area contributed by atoms with Crippen molar-refractivity contribution in [2.24, 2.45) is 23.7 Å². The fourth-order valence-electron chi connectivity index (χ4n) is 6.27. The van der Waals surface area contributed by atoms with Crippen molar-refractivity contribution in [2.45, 2.75) is 24.2 Å². The summed E-state index contributed by atoms with van der Waals surface area (Å²) >= 11 is 0. The highest BCUT2D eigenvalue weighted by Crippen LogP contribution is 2.67. The summed E-state index contributed by atoms with van der Waals surface area (Å²) in [6, 6.07) is 6.31. The number of allylic oxidation sites excluding steroid dienone is 8. The molecule has 2 bridgehead atoms. The van der Waals surface area contributed by atoms with Gasteiger partial charge in [-0.3, -0.25) is 4.79 Å². The van der Waals surface area contributed by atoms with Crippen LogP contribution in [0.2, 0.25) is 0 Å². The molecule has 0 radical (unpaired) electrons. The number of carbonyl (C=O) groups is 1. The molecule has 4 unspecified atom stereocenters. The van der Waals surface area contributed by atoms with Crippen LogP contribution in [0.25, 0.3) is 0 Å². The van der Waals surface area contributed by atoms with Gasteiger partial charge in [-0.25, -0.2) is 0 Å². The van der Waals surface area contributed by atoms with Gasteiger partial charge in [-0.15, -0.1) is 0 Å². The summed E-state index contributed by atoms with van der Waals surface area (Å²) < 4.78 is 0. The highest BCUT2D eigenvalue weighted by Gasteiger charge is 2.62. The zero-order valence-corrected chi connectivity index (χ0v) is 14.6. The highest BCUT2D eigenvalue weighted by molar-refractivity contribution is 5.67. The molecular weight excluding hydrogens is 322 g/mol. The number of rotatable bonds is 3. The Labute approximate surface area is 153 Å². The molecule has 132 valence electrons. The van der Waals surface area contributed by atoms with Gasteiger partial charge in [0.2, 0.25) is 0 Å². The highest BCUT2D eigenvalue weighted by atomic mass is 16.4. The van der Waals surface area contributed by atoms with Gasteiger partial charge in [-0.05, 0) is 59.3 Å². The lowest BCUT2D eigenvalue weighted by Gasteiger charge is -2.63. The number of carboxylic acids is 1. The molecule has 4 atom stereocenters. The first-order valence-electron chi connectivity index (χ1n) is 9.44. The maximum atomic E-state index is 11.5. The van der Waals surface area contributed by atoms with Crippen LogP contribution in [0.5, 0.6) is 0 Å². The molecular formula is C23H23NO2. The van der Waals surface area contributed by atoms with E-state index in [1.54, 1.807) is 0 Å². The molecule has 5 aliphatic rings. The average Bonchev–Trinajstić information content (AvgIpc) is 2.66. The molecule has 0 heterocycles. The van der Waals surface area contributed by atoms with Gasteiger partial charge in [0.1, 0.15) is 0 Å². The summed E-state index contributed by atoms with van der Waals surface area (Å²) in [4.78, 5) is 11.5. The van der Waals surface area contributed by atoms with Gasteiger partial charge in [0.15, 0.2) is 0 Å². The number of hydrogen-bond acceptors (Lipinski definition) is 2. The van der Waals surface area contributed by atoms with Crippen LogP contribution in [0.3, 0.4) is 0 Å². The summed E-state index contributed by atoms with van der Waals surface area (Å²) in [6.07, 6.45) is 18.7. The van der Waals surface area contributed by atoms with Crippen molar-refractivity contribution < 1.29 is 9.90 Å². The van der Waals surface area contributed by atoms with Gasteiger partial charge < -0.3 is 10.8 Å². The zero-order chi connectivity index (χ0) is 17.9. The van der Waals surface area contributed by atoms with Crippen LogP contribution in [-0.4, -0.2) is 11.1 Å². The molecule has 6 rings (SSSR count). The molecule has 5 aliphatic carbocycles. The molecule has 0 spiro atoms. The summed E-state index contributed by atoms with van der Waals surface area (Å²) in [7, 11) is 0. The van der Waals surface area contributed by atoms with Crippen molar-refractivity contribution >= 4 is 11.7 Å². The van der Waals surface area contributed by atoms with E-state index in [2.05, 4.69) is 60.7 Å². The van der Waals surface area contributed by atoms with Gasteiger partial charge >= 0.3 is 5.97 Å². The van der Waals surface area contributed by atoms with Crippen molar-refractivity contribution in [3.63, 3.8) is 0 Å². The van der Waals surface area contributed by atoms with Crippen LogP contribution in [0.4, 0.5) is 5.69 Å². The Morgan fingerprint density at radius 3 is 2.23 bits per heavy atom. The van der Waals surface area contributed by atoms with Gasteiger partial charge in [0.25, 0.3) is 0 Å². The number of aliphatic carboxylic acids is 1. The first-order chi connectivity index (χ1) is 12.6. The zero-order valence-electron chi connectivity index (χ0n) is 14.6. The number of anilines is 1. The van der Waals surface area contributed by atoms with Crippen molar-refractivity contribution in [1.82, 2.24) is 0 Å². The van der Waals surface area contributed by atoms with E-state index >= 15 is 0 Å². The summed E-state index contributed by atoms with van der Waals surface area (Å²) in [6.45, 7) is 0. The van der Waals surface area contributed by atoms with Crippen LogP contribution in [0.1, 0.15) is 29.9 Å². The van der Waals surface area contributed by atoms with E-state index in [1.165, 1.54) is 11.1 Å². The normalized spacial score (nSPS) is 37.9.